The van der Waals surface area contributed by atoms with Crippen LogP contribution in [0.1, 0.15) is 30.9 Å². The molecule has 0 saturated heterocycles. The van der Waals surface area contributed by atoms with Crippen molar-refractivity contribution in [3.63, 3.8) is 0 Å². The SMILES string of the molecule is CNCC1(C(NC)c2ccc3nc[nH]c3c2)CCC1. The second kappa shape index (κ2) is 4.94. The Morgan fingerprint density at radius 2 is 2.21 bits per heavy atom. The Morgan fingerprint density at radius 1 is 1.37 bits per heavy atom. The standard InChI is InChI=1S/C15H22N4/c1-16-9-15(6-3-7-15)14(17-2)11-4-5-12-13(8-11)19-10-18-12/h4-5,8,10,14,16-17H,3,6-7,9H2,1-2H3,(H,18,19). The van der Waals surface area contributed by atoms with Crippen LogP contribution in [0, 0.1) is 5.41 Å². The lowest BCUT2D eigenvalue weighted by Gasteiger charge is -2.48. The predicted molar refractivity (Wildman–Crippen MR) is 78.1 cm³/mol. The Hall–Kier alpha value is -1.39. The van der Waals surface area contributed by atoms with E-state index in [4.69, 9.17) is 0 Å². The summed E-state index contributed by atoms with van der Waals surface area (Å²) in [7, 11) is 4.11. The summed E-state index contributed by atoms with van der Waals surface area (Å²) in [5, 5.41) is 6.90. The molecule has 0 amide bonds. The zero-order valence-corrected chi connectivity index (χ0v) is 11.7. The van der Waals surface area contributed by atoms with E-state index in [0.29, 0.717) is 11.5 Å². The predicted octanol–water partition coefficient (Wildman–Crippen LogP) is 2.21. The van der Waals surface area contributed by atoms with Gasteiger partial charge in [-0.1, -0.05) is 12.5 Å². The molecule has 1 atom stereocenters. The maximum atomic E-state index is 4.29. The van der Waals surface area contributed by atoms with E-state index in [9.17, 15) is 0 Å². The van der Waals surface area contributed by atoms with Crippen molar-refractivity contribution in [2.24, 2.45) is 5.41 Å². The van der Waals surface area contributed by atoms with Gasteiger partial charge in [0.25, 0.3) is 0 Å². The molecular weight excluding hydrogens is 236 g/mol. The molecule has 0 radical (unpaired) electrons. The number of hydrogen-bond acceptors (Lipinski definition) is 3. The van der Waals surface area contributed by atoms with Crippen LogP contribution in [0.25, 0.3) is 11.0 Å². The van der Waals surface area contributed by atoms with Gasteiger partial charge < -0.3 is 15.6 Å². The molecule has 1 unspecified atom stereocenters. The van der Waals surface area contributed by atoms with Crippen molar-refractivity contribution in [2.75, 3.05) is 20.6 Å². The van der Waals surface area contributed by atoms with Crippen molar-refractivity contribution in [3.05, 3.63) is 30.1 Å². The number of rotatable bonds is 5. The fourth-order valence-electron chi connectivity index (χ4n) is 3.51. The molecule has 1 aliphatic carbocycles. The van der Waals surface area contributed by atoms with E-state index in [2.05, 4.69) is 45.8 Å². The highest BCUT2D eigenvalue weighted by atomic mass is 14.9. The minimum absolute atomic E-state index is 0.358. The van der Waals surface area contributed by atoms with Gasteiger partial charge in [0.2, 0.25) is 0 Å². The highest BCUT2D eigenvalue weighted by molar-refractivity contribution is 5.75. The first-order chi connectivity index (χ1) is 9.29. The number of nitrogens with zero attached hydrogens (tertiary/aromatic N) is 1. The van der Waals surface area contributed by atoms with E-state index in [0.717, 1.165) is 17.6 Å². The molecule has 1 heterocycles. The molecule has 3 rings (SSSR count). The number of nitrogens with one attached hydrogen (secondary N) is 3. The molecule has 1 aromatic carbocycles. The van der Waals surface area contributed by atoms with Gasteiger partial charge in [-0.15, -0.1) is 0 Å². The van der Waals surface area contributed by atoms with Crippen LogP contribution < -0.4 is 10.6 Å². The van der Waals surface area contributed by atoms with E-state index < -0.39 is 0 Å². The van der Waals surface area contributed by atoms with E-state index in [1.54, 1.807) is 6.33 Å². The summed E-state index contributed by atoms with van der Waals surface area (Å²) in [6.07, 6.45) is 5.68. The first kappa shape index (κ1) is 12.6. The lowest BCUT2D eigenvalue weighted by Crippen LogP contribution is -2.47. The van der Waals surface area contributed by atoms with Gasteiger partial charge >= 0.3 is 0 Å². The fraction of sp³-hybridized carbons (Fsp3) is 0.533. The third kappa shape index (κ3) is 2.05. The van der Waals surface area contributed by atoms with Gasteiger partial charge in [0, 0.05) is 18.0 Å². The quantitative estimate of drug-likeness (QED) is 0.770. The zero-order chi connectivity index (χ0) is 13.3. The van der Waals surface area contributed by atoms with Crippen molar-refractivity contribution in [1.82, 2.24) is 20.6 Å². The summed E-state index contributed by atoms with van der Waals surface area (Å²) >= 11 is 0. The van der Waals surface area contributed by atoms with Crippen LogP contribution in [0.5, 0.6) is 0 Å². The Labute approximate surface area is 114 Å². The molecule has 0 spiro atoms. The average Bonchev–Trinajstić information content (AvgIpc) is 2.84. The van der Waals surface area contributed by atoms with Gasteiger partial charge in [-0.3, -0.25) is 0 Å². The number of hydrogen-bond donors (Lipinski definition) is 3. The number of H-pyrrole nitrogens is 1. The highest BCUT2D eigenvalue weighted by Crippen LogP contribution is 2.49. The summed E-state index contributed by atoms with van der Waals surface area (Å²) < 4.78 is 0. The molecule has 0 bridgehead atoms. The van der Waals surface area contributed by atoms with Gasteiger partial charge in [0.15, 0.2) is 0 Å². The summed E-state index contributed by atoms with van der Waals surface area (Å²) in [6.45, 7) is 1.07. The van der Waals surface area contributed by atoms with Crippen molar-refractivity contribution >= 4 is 11.0 Å². The largest absolute Gasteiger partial charge is 0.345 e. The van der Waals surface area contributed by atoms with Gasteiger partial charge in [-0.2, -0.15) is 0 Å². The summed E-state index contributed by atoms with van der Waals surface area (Å²) in [6, 6.07) is 6.96. The summed E-state index contributed by atoms with van der Waals surface area (Å²) in [5.41, 5.74) is 3.87. The number of imidazole rings is 1. The molecule has 1 fully saturated rings. The van der Waals surface area contributed by atoms with Crippen molar-refractivity contribution in [3.8, 4) is 0 Å². The lowest BCUT2D eigenvalue weighted by atomic mass is 9.62. The molecule has 3 N–H and O–H groups in total. The van der Waals surface area contributed by atoms with E-state index in [1.165, 1.54) is 24.8 Å². The molecular formula is C15H22N4. The topological polar surface area (TPSA) is 52.7 Å². The molecule has 4 heteroatoms. The third-order valence-electron chi connectivity index (χ3n) is 4.56. The highest BCUT2D eigenvalue weighted by Gasteiger charge is 2.43. The van der Waals surface area contributed by atoms with E-state index >= 15 is 0 Å². The molecule has 1 aliphatic rings. The second-order valence-corrected chi connectivity index (χ2v) is 5.65. The van der Waals surface area contributed by atoms with Crippen LogP contribution in [0.2, 0.25) is 0 Å². The smallest absolute Gasteiger partial charge is 0.0931 e. The van der Waals surface area contributed by atoms with Gasteiger partial charge in [0.05, 0.1) is 17.4 Å². The first-order valence-electron chi connectivity index (χ1n) is 7.04. The maximum Gasteiger partial charge on any atom is 0.0931 e. The first-order valence-corrected chi connectivity index (χ1v) is 7.04. The monoisotopic (exact) mass is 258 g/mol. The van der Waals surface area contributed by atoms with Crippen molar-refractivity contribution < 1.29 is 0 Å². The Balaban J connectivity index is 1.96. The summed E-state index contributed by atoms with van der Waals surface area (Å²) in [5.74, 6) is 0. The van der Waals surface area contributed by atoms with Crippen LogP contribution in [0.4, 0.5) is 0 Å². The van der Waals surface area contributed by atoms with Crippen LogP contribution in [0.15, 0.2) is 24.5 Å². The minimum atomic E-state index is 0.358. The fourth-order valence-corrected chi connectivity index (χ4v) is 3.51. The maximum absolute atomic E-state index is 4.29. The second-order valence-electron chi connectivity index (χ2n) is 5.65. The molecule has 0 aliphatic heterocycles. The Kier molecular flexibility index (Phi) is 3.29. The molecule has 1 saturated carbocycles. The van der Waals surface area contributed by atoms with Crippen molar-refractivity contribution in [2.45, 2.75) is 25.3 Å². The summed E-state index contributed by atoms with van der Waals surface area (Å²) in [4.78, 5) is 7.49. The van der Waals surface area contributed by atoms with Gasteiger partial charge in [-0.25, -0.2) is 4.98 Å². The zero-order valence-electron chi connectivity index (χ0n) is 11.7. The lowest BCUT2D eigenvalue weighted by molar-refractivity contribution is 0.0789. The molecule has 2 aromatic rings. The third-order valence-corrected chi connectivity index (χ3v) is 4.56. The van der Waals surface area contributed by atoms with Crippen LogP contribution in [-0.2, 0) is 0 Å². The van der Waals surface area contributed by atoms with Gasteiger partial charge in [0.1, 0.15) is 0 Å². The Morgan fingerprint density at radius 3 is 2.84 bits per heavy atom. The van der Waals surface area contributed by atoms with Crippen molar-refractivity contribution in [1.29, 1.82) is 0 Å². The van der Waals surface area contributed by atoms with E-state index in [1.807, 2.05) is 7.05 Å². The van der Waals surface area contributed by atoms with Crippen LogP contribution in [-0.4, -0.2) is 30.6 Å². The average molecular weight is 258 g/mol. The van der Waals surface area contributed by atoms with E-state index in [-0.39, 0.29) is 0 Å². The number of benzene rings is 1. The van der Waals surface area contributed by atoms with Crippen LogP contribution >= 0.6 is 0 Å². The van der Waals surface area contributed by atoms with Gasteiger partial charge in [-0.05, 0) is 44.6 Å². The number of aromatic amines is 1. The molecule has 1 aromatic heterocycles. The molecule has 19 heavy (non-hydrogen) atoms. The normalized spacial score (nSPS) is 19.3. The molecule has 4 nitrogen and oxygen atoms in total. The van der Waals surface area contributed by atoms with Crippen LogP contribution in [0.3, 0.4) is 0 Å². The Bertz CT molecular complexity index is 556. The minimum Gasteiger partial charge on any atom is -0.345 e. The number of fused-ring (bicyclic) bond motifs is 1. The number of aromatic nitrogens is 2. The molecule has 102 valence electrons.